The van der Waals surface area contributed by atoms with Crippen LogP contribution in [0.2, 0.25) is 0 Å². The lowest BCUT2D eigenvalue weighted by Crippen LogP contribution is -2.07. The third-order valence-corrected chi connectivity index (χ3v) is 4.54. The highest BCUT2D eigenvalue weighted by molar-refractivity contribution is 5.95. The lowest BCUT2D eigenvalue weighted by atomic mass is 9.86. The molecule has 1 aromatic heterocycles. The van der Waals surface area contributed by atoms with Crippen molar-refractivity contribution in [3.63, 3.8) is 0 Å². The molecule has 0 amide bonds. The molecule has 2 aromatic rings. The maximum atomic E-state index is 11.4. The van der Waals surface area contributed by atoms with Gasteiger partial charge < -0.3 is 9.47 Å². The average molecular weight is 316 g/mol. The van der Waals surface area contributed by atoms with Crippen LogP contribution in [0.15, 0.2) is 18.2 Å². The lowest BCUT2D eigenvalue weighted by molar-refractivity contribution is -0.383. The van der Waals surface area contributed by atoms with Crippen molar-refractivity contribution in [1.82, 2.24) is 4.98 Å². The van der Waals surface area contributed by atoms with Gasteiger partial charge in [0.25, 0.3) is 5.69 Å². The number of nitro benzene ring substituents is 1. The Balaban J connectivity index is 2.19. The highest BCUT2D eigenvalue weighted by atomic mass is 16.6. The van der Waals surface area contributed by atoms with E-state index in [1.165, 1.54) is 39.5 Å². The van der Waals surface area contributed by atoms with E-state index in [4.69, 9.17) is 9.47 Å². The average Bonchev–Trinajstić information content (AvgIpc) is 2.60. The smallest absolute Gasteiger partial charge is 0.299 e. The summed E-state index contributed by atoms with van der Waals surface area (Å²) >= 11 is 0. The number of hydrogen-bond donors (Lipinski definition) is 0. The molecule has 0 aliphatic heterocycles. The molecule has 0 radical (unpaired) electrons. The molecule has 1 fully saturated rings. The second kappa shape index (κ2) is 6.40. The van der Waals surface area contributed by atoms with E-state index in [1.54, 1.807) is 0 Å². The maximum Gasteiger partial charge on any atom is 0.299 e. The van der Waals surface area contributed by atoms with Crippen LogP contribution in [0.4, 0.5) is 5.69 Å². The Labute approximate surface area is 134 Å². The van der Waals surface area contributed by atoms with E-state index in [0.717, 1.165) is 18.5 Å². The Kier molecular flexibility index (Phi) is 4.32. The Morgan fingerprint density at radius 2 is 1.91 bits per heavy atom. The molecular formula is C17H20N2O4. The molecule has 0 N–H and O–H groups in total. The quantitative estimate of drug-likeness (QED) is 0.624. The van der Waals surface area contributed by atoms with Gasteiger partial charge in [-0.05, 0) is 25.0 Å². The predicted molar refractivity (Wildman–Crippen MR) is 87.3 cm³/mol. The van der Waals surface area contributed by atoms with E-state index >= 15 is 0 Å². The van der Waals surface area contributed by atoms with Gasteiger partial charge in [-0.25, -0.2) is 4.98 Å². The maximum absolute atomic E-state index is 11.4. The summed E-state index contributed by atoms with van der Waals surface area (Å²) in [5.74, 6) is 1.22. The second-order valence-corrected chi connectivity index (χ2v) is 5.86. The number of nitrogens with zero attached hydrogens (tertiary/aromatic N) is 2. The number of non-ortho nitro benzene ring substituents is 1. The van der Waals surface area contributed by atoms with Crippen LogP contribution in [0.1, 0.15) is 43.7 Å². The fourth-order valence-electron chi connectivity index (χ4n) is 3.37. The van der Waals surface area contributed by atoms with Crippen LogP contribution in [0.3, 0.4) is 0 Å². The Hall–Kier alpha value is -2.37. The van der Waals surface area contributed by atoms with Gasteiger partial charge in [-0.2, -0.15) is 0 Å². The van der Waals surface area contributed by atoms with Gasteiger partial charge in [0, 0.05) is 11.6 Å². The molecule has 6 nitrogen and oxygen atoms in total. The monoisotopic (exact) mass is 316 g/mol. The summed E-state index contributed by atoms with van der Waals surface area (Å²) in [5.41, 5.74) is 1.26. The molecule has 122 valence electrons. The first-order valence-corrected chi connectivity index (χ1v) is 7.85. The van der Waals surface area contributed by atoms with Crippen molar-refractivity contribution in [2.75, 3.05) is 14.2 Å². The number of ether oxygens (including phenoxy) is 2. The van der Waals surface area contributed by atoms with Gasteiger partial charge in [0.1, 0.15) is 0 Å². The second-order valence-electron chi connectivity index (χ2n) is 5.86. The molecule has 0 unspecified atom stereocenters. The van der Waals surface area contributed by atoms with Crippen LogP contribution >= 0.6 is 0 Å². The Morgan fingerprint density at radius 1 is 1.17 bits per heavy atom. The molecule has 6 heteroatoms. The number of hydrogen-bond acceptors (Lipinski definition) is 5. The van der Waals surface area contributed by atoms with Crippen molar-refractivity contribution >= 4 is 16.6 Å². The van der Waals surface area contributed by atoms with E-state index < -0.39 is 4.92 Å². The largest absolute Gasteiger partial charge is 0.493 e. The van der Waals surface area contributed by atoms with E-state index in [0.29, 0.717) is 28.3 Å². The number of pyridine rings is 1. The molecule has 0 bridgehead atoms. The van der Waals surface area contributed by atoms with E-state index in [2.05, 4.69) is 4.98 Å². The van der Waals surface area contributed by atoms with Crippen molar-refractivity contribution in [2.45, 2.75) is 38.0 Å². The third-order valence-electron chi connectivity index (χ3n) is 4.54. The van der Waals surface area contributed by atoms with Crippen LogP contribution in [-0.4, -0.2) is 24.1 Å². The minimum absolute atomic E-state index is 0.0460. The normalized spacial score (nSPS) is 15.6. The Bertz CT molecular complexity index is 739. The van der Waals surface area contributed by atoms with Crippen LogP contribution in [0.25, 0.3) is 10.9 Å². The summed E-state index contributed by atoms with van der Waals surface area (Å²) in [5, 5.41) is 12.0. The summed E-state index contributed by atoms with van der Waals surface area (Å²) in [6.07, 6.45) is 5.84. The molecule has 0 atom stereocenters. The fourth-order valence-corrected chi connectivity index (χ4v) is 3.37. The number of methoxy groups -OCH3 is 2. The summed E-state index contributed by atoms with van der Waals surface area (Å²) in [7, 11) is 3.00. The zero-order chi connectivity index (χ0) is 16.4. The molecular weight excluding hydrogens is 296 g/mol. The SMILES string of the molecule is COc1cc([N+](=O)[O-])c2nc(C3CCCCC3)ccc2c1OC. The van der Waals surface area contributed by atoms with Crippen molar-refractivity contribution in [3.8, 4) is 11.5 Å². The van der Waals surface area contributed by atoms with Gasteiger partial charge in [-0.1, -0.05) is 19.3 Å². The van der Waals surface area contributed by atoms with Gasteiger partial charge in [-0.15, -0.1) is 0 Å². The lowest BCUT2D eigenvalue weighted by Gasteiger charge is -2.21. The van der Waals surface area contributed by atoms with Crippen molar-refractivity contribution in [3.05, 3.63) is 34.0 Å². The molecule has 1 saturated carbocycles. The molecule has 0 spiro atoms. The summed E-state index contributed by atoms with van der Waals surface area (Å²) in [4.78, 5) is 15.7. The van der Waals surface area contributed by atoms with E-state index in [9.17, 15) is 10.1 Å². The van der Waals surface area contributed by atoms with Crippen molar-refractivity contribution in [2.24, 2.45) is 0 Å². The molecule has 1 aromatic carbocycles. The standard InChI is InChI=1S/C17H20N2O4/c1-22-15-10-14(19(20)21)16-12(17(15)23-2)8-9-13(18-16)11-6-4-3-5-7-11/h8-11H,3-7H2,1-2H3. The van der Waals surface area contributed by atoms with Crippen molar-refractivity contribution < 1.29 is 14.4 Å². The molecule has 0 saturated heterocycles. The van der Waals surface area contributed by atoms with Crippen LogP contribution < -0.4 is 9.47 Å². The molecule has 1 aliphatic rings. The number of aromatic nitrogens is 1. The van der Waals surface area contributed by atoms with E-state index in [1.807, 2.05) is 12.1 Å². The molecule has 1 aliphatic carbocycles. The Morgan fingerprint density at radius 3 is 2.52 bits per heavy atom. The van der Waals surface area contributed by atoms with Crippen LogP contribution in [0.5, 0.6) is 11.5 Å². The van der Waals surface area contributed by atoms with Gasteiger partial charge in [-0.3, -0.25) is 10.1 Å². The molecule has 23 heavy (non-hydrogen) atoms. The highest BCUT2D eigenvalue weighted by Gasteiger charge is 2.24. The number of fused-ring (bicyclic) bond motifs is 1. The summed E-state index contributed by atoms with van der Waals surface area (Å²) < 4.78 is 10.6. The van der Waals surface area contributed by atoms with Gasteiger partial charge in [0.2, 0.25) is 0 Å². The molecule has 1 heterocycles. The summed E-state index contributed by atoms with van der Waals surface area (Å²) in [6.45, 7) is 0. The number of rotatable bonds is 4. The van der Waals surface area contributed by atoms with Gasteiger partial charge in [0.05, 0.1) is 30.6 Å². The minimum atomic E-state index is -0.415. The first-order chi connectivity index (χ1) is 11.2. The fraction of sp³-hybridized carbons (Fsp3) is 0.471. The summed E-state index contributed by atoms with van der Waals surface area (Å²) in [6, 6.07) is 5.21. The van der Waals surface area contributed by atoms with Gasteiger partial charge >= 0.3 is 0 Å². The number of benzene rings is 1. The molecule has 3 rings (SSSR count). The highest BCUT2D eigenvalue weighted by Crippen LogP contribution is 2.41. The van der Waals surface area contributed by atoms with Crippen LogP contribution in [0, 0.1) is 10.1 Å². The van der Waals surface area contributed by atoms with Crippen LogP contribution in [-0.2, 0) is 0 Å². The van der Waals surface area contributed by atoms with E-state index in [-0.39, 0.29) is 5.69 Å². The zero-order valence-corrected chi connectivity index (χ0v) is 13.4. The predicted octanol–water partition coefficient (Wildman–Crippen LogP) is 4.21. The third kappa shape index (κ3) is 2.81. The zero-order valence-electron chi connectivity index (χ0n) is 13.4. The first kappa shape index (κ1) is 15.5. The topological polar surface area (TPSA) is 74.5 Å². The first-order valence-electron chi connectivity index (χ1n) is 7.85. The minimum Gasteiger partial charge on any atom is -0.493 e. The van der Waals surface area contributed by atoms with Crippen molar-refractivity contribution in [1.29, 1.82) is 0 Å². The van der Waals surface area contributed by atoms with Gasteiger partial charge in [0.15, 0.2) is 17.0 Å². The number of nitro groups is 1.